The van der Waals surface area contributed by atoms with Crippen molar-refractivity contribution in [3.05, 3.63) is 17.2 Å². The zero-order valence-corrected chi connectivity index (χ0v) is 15.5. The van der Waals surface area contributed by atoms with Crippen LogP contribution in [0.25, 0.3) is 0 Å². The molecule has 2 amide bonds. The van der Waals surface area contributed by atoms with Crippen molar-refractivity contribution in [2.45, 2.75) is 30.4 Å². The van der Waals surface area contributed by atoms with Gasteiger partial charge in [-0.15, -0.1) is 0 Å². The summed E-state index contributed by atoms with van der Waals surface area (Å²) in [5.41, 5.74) is -0.0334. The van der Waals surface area contributed by atoms with Crippen molar-refractivity contribution < 1.29 is 23.1 Å². The van der Waals surface area contributed by atoms with Gasteiger partial charge >= 0.3 is 141 Å². The molecule has 0 aromatic heterocycles. The first kappa shape index (κ1) is 17.4. The number of anilines is 1. The van der Waals surface area contributed by atoms with Crippen LogP contribution in [0.3, 0.4) is 0 Å². The average Bonchev–Trinajstić information content (AvgIpc) is 2.42. The second-order valence-electron chi connectivity index (χ2n) is 4.77. The van der Waals surface area contributed by atoms with Crippen molar-refractivity contribution in [1.29, 1.82) is 0 Å². The minimum atomic E-state index is -3.67. The van der Waals surface area contributed by atoms with Gasteiger partial charge in [-0.1, -0.05) is 0 Å². The third-order valence-corrected chi connectivity index (χ3v) is 5.98. The molecule has 122 valence electrons. The molecule has 1 fully saturated rings. The van der Waals surface area contributed by atoms with E-state index in [2.05, 4.69) is 10.6 Å². The Kier molecular flexibility index (Phi) is 5.60. The molecular formula is C12H16AsClN2O5S. The van der Waals surface area contributed by atoms with Crippen LogP contribution in [0.1, 0.15) is 19.3 Å². The van der Waals surface area contributed by atoms with E-state index in [0.29, 0.717) is 28.7 Å². The number of phenolic OH excluding ortho intramolecular Hbond substituents is 1. The Hall–Kier alpha value is -0.952. The SMILES string of the molecule is O=C(Nc1ccc(Cl)c(S(=O)(=O)[AsH2])c1O)NC1CCCCO1. The van der Waals surface area contributed by atoms with Crippen LogP contribution >= 0.6 is 11.6 Å². The molecule has 2 unspecified atom stereocenters. The molecule has 22 heavy (non-hydrogen) atoms. The first-order chi connectivity index (χ1) is 10.3. The summed E-state index contributed by atoms with van der Waals surface area (Å²) in [6.45, 7) is 0.581. The van der Waals surface area contributed by atoms with Gasteiger partial charge in [-0.2, -0.15) is 0 Å². The van der Waals surface area contributed by atoms with E-state index in [1.807, 2.05) is 0 Å². The summed E-state index contributed by atoms with van der Waals surface area (Å²) in [6, 6.07) is 2.05. The number of nitrogens with one attached hydrogen (secondary N) is 2. The zero-order valence-electron chi connectivity index (χ0n) is 11.5. The predicted molar refractivity (Wildman–Crippen MR) is 84.6 cm³/mol. The van der Waals surface area contributed by atoms with Crippen LogP contribution in [0.2, 0.25) is 5.02 Å². The van der Waals surface area contributed by atoms with Gasteiger partial charge in [-0.25, -0.2) is 0 Å². The molecule has 0 saturated carbocycles. The number of carbonyl (C=O) groups excluding carboxylic acids is 1. The van der Waals surface area contributed by atoms with Crippen molar-refractivity contribution in [2.75, 3.05) is 11.9 Å². The molecule has 2 atom stereocenters. The Bertz CT molecular complexity index is 676. The van der Waals surface area contributed by atoms with E-state index in [1.165, 1.54) is 12.1 Å². The number of benzene rings is 1. The van der Waals surface area contributed by atoms with Gasteiger partial charge < -0.3 is 0 Å². The molecular weight excluding hydrogens is 395 g/mol. The van der Waals surface area contributed by atoms with Gasteiger partial charge in [0.25, 0.3) is 0 Å². The van der Waals surface area contributed by atoms with Crippen LogP contribution < -0.4 is 10.6 Å². The summed E-state index contributed by atoms with van der Waals surface area (Å²) in [6.07, 6.45) is 2.23. The van der Waals surface area contributed by atoms with Crippen LogP contribution in [0.15, 0.2) is 17.0 Å². The summed E-state index contributed by atoms with van der Waals surface area (Å²) in [5, 5.41) is 14.9. The number of hydrogen-bond acceptors (Lipinski definition) is 5. The molecule has 10 heteroatoms. The van der Waals surface area contributed by atoms with E-state index in [-0.39, 0.29) is 21.8 Å². The fraction of sp³-hybridized carbons (Fsp3) is 0.417. The van der Waals surface area contributed by atoms with Gasteiger partial charge in [0.05, 0.1) is 0 Å². The molecule has 3 N–H and O–H groups in total. The number of urea groups is 1. The maximum absolute atomic E-state index is 11.9. The normalized spacial score (nSPS) is 18.7. The molecule has 1 aliphatic heterocycles. The predicted octanol–water partition coefficient (Wildman–Crippen LogP) is 1.02. The number of rotatable bonds is 3. The third-order valence-electron chi connectivity index (χ3n) is 3.09. The second kappa shape index (κ2) is 7.08. The minimum absolute atomic E-state index is 0.0334. The Morgan fingerprint density at radius 1 is 1.41 bits per heavy atom. The summed E-state index contributed by atoms with van der Waals surface area (Å²) in [7, 11) is -3.67. The van der Waals surface area contributed by atoms with Gasteiger partial charge in [-0.3, -0.25) is 0 Å². The van der Waals surface area contributed by atoms with Crippen molar-refractivity contribution >= 4 is 47.1 Å². The summed E-state index contributed by atoms with van der Waals surface area (Å²) < 4.78 is 28.7. The summed E-state index contributed by atoms with van der Waals surface area (Å²) in [5.74, 6) is -0.573. The van der Waals surface area contributed by atoms with Crippen molar-refractivity contribution in [3.63, 3.8) is 0 Å². The molecule has 7 nitrogen and oxygen atoms in total. The van der Waals surface area contributed by atoms with Crippen LogP contribution in [0.4, 0.5) is 10.5 Å². The van der Waals surface area contributed by atoms with E-state index in [9.17, 15) is 18.3 Å². The zero-order chi connectivity index (χ0) is 16.3. The van der Waals surface area contributed by atoms with E-state index in [1.54, 1.807) is 0 Å². The summed E-state index contributed by atoms with van der Waals surface area (Å²) in [4.78, 5) is 11.5. The molecule has 0 radical (unpaired) electrons. The molecule has 2 rings (SSSR count). The van der Waals surface area contributed by atoms with Crippen LogP contribution in [0.5, 0.6) is 5.75 Å². The van der Waals surface area contributed by atoms with Gasteiger partial charge in [0.2, 0.25) is 0 Å². The Labute approximate surface area is 140 Å². The Morgan fingerprint density at radius 3 is 2.73 bits per heavy atom. The molecule has 0 bridgehead atoms. The molecule has 1 aromatic carbocycles. The van der Waals surface area contributed by atoms with Gasteiger partial charge in [0, 0.05) is 0 Å². The molecule has 1 aliphatic rings. The first-order valence-corrected chi connectivity index (χ1v) is 11.4. The molecule has 1 aromatic rings. The van der Waals surface area contributed by atoms with Crippen molar-refractivity contribution in [2.24, 2.45) is 0 Å². The van der Waals surface area contributed by atoms with Crippen LogP contribution in [-0.2, 0) is 12.8 Å². The number of aromatic hydroxyl groups is 1. The number of ether oxygens (including phenoxy) is 1. The second-order valence-corrected chi connectivity index (χ2v) is 10.6. The molecule has 0 aliphatic carbocycles. The van der Waals surface area contributed by atoms with Gasteiger partial charge in [0.1, 0.15) is 0 Å². The van der Waals surface area contributed by atoms with Crippen molar-refractivity contribution in [3.8, 4) is 5.75 Å². The maximum atomic E-state index is 11.9. The Balaban J connectivity index is 2.14. The van der Waals surface area contributed by atoms with Crippen LogP contribution in [0, 0.1) is 0 Å². The average molecular weight is 411 g/mol. The number of amides is 2. The number of halogens is 1. The fourth-order valence-corrected chi connectivity index (χ4v) is 5.24. The van der Waals surface area contributed by atoms with Gasteiger partial charge in [0.15, 0.2) is 0 Å². The number of hydrogen-bond donors (Lipinski definition) is 3. The molecule has 1 heterocycles. The topological polar surface area (TPSA) is 105 Å². The van der Waals surface area contributed by atoms with E-state index in [4.69, 9.17) is 16.3 Å². The number of carbonyl (C=O) groups is 1. The van der Waals surface area contributed by atoms with Crippen LogP contribution in [-0.4, -0.2) is 48.1 Å². The monoisotopic (exact) mass is 410 g/mol. The van der Waals surface area contributed by atoms with Gasteiger partial charge in [-0.05, 0) is 0 Å². The summed E-state index contributed by atoms with van der Waals surface area (Å²) >= 11 is 6.22. The van der Waals surface area contributed by atoms with E-state index < -0.39 is 19.9 Å². The standard InChI is InChI=1S/C12H16AsClN2O5S/c13-22(19,20)11-7(14)4-5-8(10(11)17)15-12(18)16-9-3-1-2-6-21-9/h4-5,9,17H,1-3,6,13H2,(H2,15,16,18). The molecule has 1 saturated heterocycles. The Morgan fingerprint density at radius 2 is 2.14 bits per heavy atom. The quantitative estimate of drug-likeness (QED) is 0.510. The third kappa shape index (κ3) is 4.29. The van der Waals surface area contributed by atoms with Crippen molar-refractivity contribution in [1.82, 2.24) is 5.32 Å². The first-order valence-electron chi connectivity index (χ1n) is 6.52. The number of phenols is 1. The fourth-order valence-electron chi connectivity index (χ4n) is 2.08. The van der Waals surface area contributed by atoms with E-state index >= 15 is 0 Å². The molecule has 0 spiro atoms. The van der Waals surface area contributed by atoms with E-state index in [0.717, 1.165) is 12.8 Å².